The number of hydrogen-bond acceptors (Lipinski definition) is 3. The van der Waals surface area contributed by atoms with Gasteiger partial charge in [-0.2, -0.15) is 13.2 Å². The number of halogens is 5. The van der Waals surface area contributed by atoms with E-state index in [2.05, 4.69) is 4.98 Å². The molecule has 0 aliphatic carbocycles. The van der Waals surface area contributed by atoms with Crippen LogP contribution in [0.5, 0.6) is 0 Å². The molecule has 2 aromatic rings. The van der Waals surface area contributed by atoms with Crippen molar-refractivity contribution in [3.05, 3.63) is 58.0 Å². The van der Waals surface area contributed by atoms with E-state index in [-0.39, 0.29) is 22.0 Å². The summed E-state index contributed by atoms with van der Waals surface area (Å²) in [5.41, 5.74) is 9.86. The number of benzene rings is 1. The van der Waals surface area contributed by atoms with E-state index in [4.69, 9.17) is 23.1 Å². The summed E-state index contributed by atoms with van der Waals surface area (Å²) in [7, 11) is 0. The molecule has 0 radical (unpaired) electrons. The minimum atomic E-state index is -4.81. The Morgan fingerprint density at radius 1 is 1.19 bits per heavy atom. The molecule has 21 heavy (non-hydrogen) atoms. The average Bonchev–Trinajstić information content (AvgIpc) is 2.39. The van der Waals surface area contributed by atoms with E-state index in [1.165, 1.54) is 12.3 Å². The lowest BCUT2D eigenvalue weighted by molar-refractivity contribution is -0.140. The summed E-state index contributed by atoms with van der Waals surface area (Å²) in [6.07, 6.45) is -3.55. The molecule has 8 heteroatoms. The first-order chi connectivity index (χ1) is 9.71. The SMILES string of the molecule is Nc1ncc(Cl)cc1C(N)c1cccc(C(F)(F)F)c1F. The van der Waals surface area contributed by atoms with Crippen LogP contribution in [0.3, 0.4) is 0 Å². The molecular formula is C13H10ClF4N3. The number of pyridine rings is 1. The van der Waals surface area contributed by atoms with Crippen molar-refractivity contribution in [3.8, 4) is 0 Å². The van der Waals surface area contributed by atoms with Crippen LogP contribution in [0, 0.1) is 5.82 Å². The Bertz CT molecular complexity index is 673. The van der Waals surface area contributed by atoms with E-state index in [1.54, 1.807) is 0 Å². The minimum Gasteiger partial charge on any atom is -0.383 e. The number of anilines is 1. The molecule has 1 aromatic carbocycles. The van der Waals surface area contributed by atoms with Crippen LogP contribution in [0.2, 0.25) is 5.02 Å². The predicted octanol–water partition coefficient (Wildman–Crippen LogP) is 3.52. The van der Waals surface area contributed by atoms with E-state index in [0.717, 1.165) is 12.1 Å². The molecule has 4 N–H and O–H groups in total. The van der Waals surface area contributed by atoms with Crippen molar-refractivity contribution in [1.82, 2.24) is 4.98 Å². The minimum absolute atomic E-state index is 0.0243. The Labute approximate surface area is 122 Å². The maximum absolute atomic E-state index is 14.0. The fourth-order valence-corrected chi connectivity index (χ4v) is 2.06. The molecule has 0 saturated heterocycles. The van der Waals surface area contributed by atoms with Gasteiger partial charge in [0.05, 0.1) is 16.6 Å². The van der Waals surface area contributed by atoms with Crippen LogP contribution in [0.15, 0.2) is 30.5 Å². The summed E-state index contributed by atoms with van der Waals surface area (Å²) >= 11 is 5.74. The summed E-state index contributed by atoms with van der Waals surface area (Å²) in [5.74, 6) is -1.46. The molecule has 0 spiro atoms. The van der Waals surface area contributed by atoms with E-state index < -0.39 is 23.6 Å². The number of hydrogen-bond donors (Lipinski definition) is 2. The topological polar surface area (TPSA) is 64.9 Å². The summed E-state index contributed by atoms with van der Waals surface area (Å²) in [4.78, 5) is 3.75. The first kappa shape index (κ1) is 15.5. The Balaban J connectivity index is 2.54. The maximum atomic E-state index is 14.0. The first-order valence-electron chi connectivity index (χ1n) is 5.74. The van der Waals surface area contributed by atoms with Gasteiger partial charge in [0.2, 0.25) is 0 Å². The van der Waals surface area contributed by atoms with Crippen LogP contribution in [-0.2, 0) is 6.18 Å². The lowest BCUT2D eigenvalue weighted by atomic mass is 9.97. The van der Waals surface area contributed by atoms with Crippen molar-refractivity contribution < 1.29 is 17.6 Å². The Morgan fingerprint density at radius 3 is 2.48 bits per heavy atom. The van der Waals surface area contributed by atoms with Crippen LogP contribution in [-0.4, -0.2) is 4.98 Å². The highest BCUT2D eigenvalue weighted by Gasteiger charge is 2.35. The van der Waals surface area contributed by atoms with Crippen molar-refractivity contribution in [1.29, 1.82) is 0 Å². The molecular weight excluding hydrogens is 310 g/mol. The summed E-state index contributed by atoms with van der Waals surface area (Å²) in [5, 5.41) is 0.196. The highest BCUT2D eigenvalue weighted by Crippen LogP contribution is 2.35. The van der Waals surface area contributed by atoms with Gasteiger partial charge in [-0.15, -0.1) is 0 Å². The molecule has 3 nitrogen and oxygen atoms in total. The van der Waals surface area contributed by atoms with Gasteiger partial charge in [0.15, 0.2) is 0 Å². The fraction of sp³-hybridized carbons (Fsp3) is 0.154. The molecule has 112 valence electrons. The Kier molecular flexibility index (Phi) is 4.06. The van der Waals surface area contributed by atoms with Crippen LogP contribution in [0.1, 0.15) is 22.7 Å². The lowest BCUT2D eigenvalue weighted by Gasteiger charge is -2.17. The third-order valence-corrected chi connectivity index (χ3v) is 3.13. The summed E-state index contributed by atoms with van der Waals surface area (Å²) < 4.78 is 52.1. The van der Waals surface area contributed by atoms with Crippen molar-refractivity contribution >= 4 is 17.4 Å². The van der Waals surface area contributed by atoms with Gasteiger partial charge < -0.3 is 11.5 Å². The molecule has 1 atom stereocenters. The highest BCUT2D eigenvalue weighted by molar-refractivity contribution is 6.30. The smallest absolute Gasteiger partial charge is 0.383 e. The first-order valence-corrected chi connectivity index (χ1v) is 6.11. The molecule has 1 aromatic heterocycles. The second-order valence-corrected chi connectivity index (χ2v) is 4.75. The lowest BCUT2D eigenvalue weighted by Crippen LogP contribution is -2.19. The van der Waals surface area contributed by atoms with Gasteiger partial charge in [-0.25, -0.2) is 9.37 Å². The standard InChI is InChI=1S/C13H10ClF4N3/c14-6-4-8(12(20)21-5-6)11(19)7-2-1-3-9(10(7)15)13(16,17)18/h1-5,11H,19H2,(H2,20,21). The third kappa shape index (κ3) is 3.08. The van der Waals surface area contributed by atoms with Crippen molar-refractivity contribution in [3.63, 3.8) is 0 Å². The monoisotopic (exact) mass is 319 g/mol. The second kappa shape index (κ2) is 5.50. The van der Waals surface area contributed by atoms with Crippen molar-refractivity contribution in [2.24, 2.45) is 5.73 Å². The molecule has 0 aliphatic heterocycles. The predicted molar refractivity (Wildman–Crippen MR) is 71.1 cm³/mol. The van der Waals surface area contributed by atoms with Gasteiger partial charge in [0, 0.05) is 17.3 Å². The van der Waals surface area contributed by atoms with Gasteiger partial charge in [-0.1, -0.05) is 23.7 Å². The zero-order valence-corrected chi connectivity index (χ0v) is 11.2. The zero-order valence-electron chi connectivity index (χ0n) is 10.5. The summed E-state index contributed by atoms with van der Waals surface area (Å²) in [6, 6.07) is 3.02. The van der Waals surface area contributed by atoms with Crippen LogP contribution >= 0.6 is 11.6 Å². The molecule has 0 amide bonds. The molecule has 0 bridgehead atoms. The average molecular weight is 320 g/mol. The number of alkyl halides is 3. The largest absolute Gasteiger partial charge is 0.419 e. The van der Waals surface area contributed by atoms with Gasteiger partial charge in [0.25, 0.3) is 0 Å². The fourth-order valence-electron chi connectivity index (χ4n) is 1.89. The summed E-state index contributed by atoms with van der Waals surface area (Å²) in [6.45, 7) is 0. The molecule has 0 fully saturated rings. The molecule has 2 rings (SSSR count). The van der Waals surface area contributed by atoms with Crippen LogP contribution < -0.4 is 11.5 Å². The number of nitrogens with two attached hydrogens (primary N) is 2. The molecule has 1 heterocycles. The van der Waals surface area contributed by atoms with Crippen LogP contribution in [0.4, 0.5) is 23.4 Å². The zero-order chi connectivity index (χ0) is 15.8. The maximum Gasteiger partial charge on any atom is 0.419 e. The van der Waals surface area contributed by atoms with Gasteiger partial charge in [0.1, 0.15) is 11.6 Å². The van der Waals surface area contributed by atoms with Crippen LogP contribution in [0.25, 0.3) is 0 Å². The van der Waals surface area contributed by atoms with Crippen molar-refractivity contribution in [2.45, 2.75) is 12.2 Å². The number of nitrogens with zero attached hydrogens (tertiary/aromatic N) is 1. The number of rotatable bonds is 2. The molecule has 1 unspecified atom stereocenters. The molecule has 0 saturated carbocycles. The van der Waals surface area contributed by atoms with E-state index in [0.29, 0.717) is 6.07 Å². The number of nitrogen functional groups attached to an aromatic ring is 1. The second-order valence-electron chi connectivity index (χ2n) is 4.31. The quantitative estimate of drug-likeness (QED) is 0.832. The molecule has 0 aliphatic rings. The van der Waals surface area contributed by atoms with E-state index >= 15 is 0 Å². The van der Waals surface area contributed by atoms with Gasteiger partial charge in [-0.05, 0) is 12.1 Å². The highest BCUT2D eigenvalue weighted by atomic mass is 35.5. The Hall–Kier alpha value is -1.86. The van der Waals surface area contributed by atoms with Crippen molar-refractivity contribution in [2.75, 3.05) is 5.73 Å². The van der Waals surface area contributed by atoms with Gasteiger partial charge in [-0.3, -0.25) is 0 Å². The third-order valence-electron chi connectivity index (χ3n) is 2.92. The van der Waals surface area contributed by atoms with Gasteiger partial charge >= 0.3 is 6.18 Å². The number of aromatic nitrogens is 1. The normalized spacial score (nSPS) is 13.2. The van der Waals surface area contributed by atoms with E-state index in [1.807, 2.05) is 0 Å². The van der Waals surface area contributed by atoms with E-state index in [9.17, 15) is 17.6 Å². The Morgan fingerprint density at radius 2 is 1.86 bits per heavy atom.